The lowest BCUT2D eigenvalue weighted by Crippen LogP contribution is -2.56. The van der Waals surface area contributed by atoms with E-state index in [1.807, 2.05) is 13.8 Å². The number of aromatic nitrogens is 2. The minimum atomic E-state index is -0.826. The van der Waals surface area contributed by atoms with Crippen molar-refractivity contribution in [2.45, 2.75) is 59.1 Å². The van der Waals surface area contributed by atoms with E-state index in [0.717, 1.165) is 0 Å². The maximum absolute atomic E-state index is 13.3. The summed E-state index contributed by atoms with van der Waals surface area (Å²) in [5, 5.41) is 8.03. The van der Waals surface area contributed by atoms with Crippen molar-refractivity contribution >= 4 is 55.7 Å². The zero-order valence-electron chi connectivity index (χ0n) is 18.2. The number of ether oxygens (including phenoxy) is 1. The van der Waals surface area contributed by atoms with E-state index in [-0.39, 0.29) is 17.6 Å². The molecule has 1 aliphatic heterocycles. The van der Waals surface area contributed by atoms with Gasteiger partial charge in [0.05, 0.1) is 6.20 Å². The third-order valence-corrected chi connectivity index (χ3v) is 5.53. The van der Waals surface area contributed by atoms with Gasteiger partial charge in [-0.25, -0.2) is 29.6 Å². The molecular formula is C19H28Br2N6O4. The maximum Gasteiger partial charge on any atom is 0.408 e. The molecule has 1 saturated heterocycles. The second-order valence-electron chi connectivity index (χ2n) is 8.21. The smallest absolute Gasteiger partial charge is 0.408 e. The number of nitrogens with one attached hydrogen (secondary N) is 2. The van der Waals surface area contributed by atoms with Crippen molar-refractivity contribution in [2.75, 3.05) is 18.4 Å². The number of rotatable bonds is 5. The zero-order valence-corrected chi connectivity index (χ0v) is 21.4. The van der Waals surface area contributed by atoms with Crippen LogP contribution < -0.4 is 10.6 Å². The molecule has 4 amide bonds. The minimum Gasteiger partial charge on any atom is -0.444 e. The first-order chi connectivity index (χ1) is 14.4. The molecule has 2 heterocycles. The molecule has 10 nitrogen and oxygen atoms in total. The van der Waals surface area contributed by atoms with E-state index < -0.39 is 23.8 Å². The van der Waals surface area contributed by atoms with Gasteiger partial charge in [-0.15, -0.1) is 0 Å². The molecule has 12 heteroatoms. The molecule has 2 rings (SSSR count). The molecule has 0 saturated carbocycles. The molecule has 0 spiro atoms. The number of amides is 4. The van der Waals surface area contributed by atoms with Crippen LogP contribution in [-0.4, -0.2) is 62.7 Å². The van der Waals surface area contributed by atoms with Crippen molar-refractivity contribution < 1.29 is 19.1 Å². The molecule has 172 valence electrons. The van der Waals surface area contributed by atoms with Crippen LogP contribution in [0.4, 0.5) is 15.4 Å². The molecule has 0 aliphatic carbocycles. The lowest BCUT2D eigenvalue weighted by Gasteiger charge is -2.33. The number of carbonyl (C=O) groups excluding carboxylic acids is 3. The van der Waals surface area contributed by atoms with Gasteiger partial charge in [0.15, 0.2) is 5.82 Å². The van der Waals surface area contributed by atoms with Gasteiger partial charge in [-0.05, 0) is 65.0 Å². The average molecular weight is 564 g/mol. The van der Waals surface area contributed by atoms with E-state index in [4.69, 9.17) is 4.74 Å². The Balaban J connectivity index is 2.15. The van der Waals surface area contributed by atoms with Crippen molar-refractivity contribution in [3.8, 4) is 0 Å². The van der Waals surface area contributed by atoms with Crippen LogP contribution in [-0.2, 0) is 9.53 Å². The molecule has 0 radical (unpaired) electrons. The number of urea groups is 1. The number of halogens is 2. The fraction of sp³-hybridized carbons (Fsp3) is 0.632. The Hall–Kier alpha value is -1.95. The SMILES string of the molecule is CCC(C)C(NC(=O)OC(C)(C)C)C(=O)N1CCCN1C(=O)Nc1ncc(Br)nc1Br. The third-order valence-electron chi connectivity index (χ3n) is 4.60. The molecule has 2 N–H and O–H groups in total. The number of carbonyl (C=O) groups is 3. The summed E-state index contributed by atoms with van der Waals surface area (Å²) in [6.07, 6.45) is 2.06. The lowest BCUT2D eigenvalue weighted by molar-refractivity contribution is -0.143. The van der Waals surface area contributed by atoms with Gasteiger partial charge in [-0.1, -0.05) is 20.3 Å². The Morgan fingerprint density at radius 1 is 1.23 bits per heavy atom. The Morgan fingerprint density at radius 2 is 1.87 bits per heavy atom. The van der Waals surface area contributed by atoms with E-state index in [0.29, 0.717) is 35.1 Å². The van der Waals surface area contributed by atoms with E-state index in [9.17, 15) is 14.4 Å². The van der Waals surface area contributed by atoms with Crippen LogP contribution in [0.2, 0.25) is 0 Å². The summed E-state index contributed by atoms with van der Waals surface area (Å²) in [6.45, 7) is 9.78. The highest BCUT2D eigenvalue weighted by molar-refractivity contribution is 9.11. The summed E-state index contributed by atoms with van der Waals surface area (Å²) in [7, 11) is 0. The second kappa shape index (κ2) is 10.6. The van der Waals surface area contributed by atoms with E-state index in [1.54, 1.807) is 20.8 Å². The summed E-state index contributed by atoms with van der Waals surface area (Å²) < 4.78 is 6.19. The Labute approximate surface area is 198 Å². The van der Waals surface area contributed by atoms with E-state index in [2.05, 4.69) is 52.5 Å². The normalized spacial score (nSPS) is 16.0. The van der Waals surface area contributed by atoms with Gasteiger partial charge >= 0.3 is 12.1 Å². The van der Waals surface area contributed by atoms with Crippen molar-refractivity contribution in [2.24, 2.45) is 5.92 Å². The summed E-state index contributed by atoms with van der Waals surface area (Å²) in [6, 6.07) is -1.34. The predicted octanol–water partition coefficient (Wildman–Crippen LogP) is 3.92. The van der Waals surface area contributed by atoms with Crippen LogP contribution >= 0.6 is 31.9 Å². The number of alkyl carbamates (subject to hydrolysis) is 1. The van der Waals surface area contributed by atoms with E-state index >= 15 is 0 Å². The summed E-state index contributed by atoms with van der Waals surface area (Å²) >= 11 is 6.46. The first kappa shape index (κ1) is 25.3. The van der Waals surface area contributed by atoms with Crippen LogP contribution in [0.3, 0.4) is 0 Å². The lowest BCUT2D eigenvalue weighted by atomic mass is 9.98. The van der Waals surface area contributed by atoms with Gasteiger partial charge in [0, 0.05) is 13.1 Å². The van der Waals surface area contributed by atoms with Gasteiger partial charge in [0.1, 0.15) is 20.8 Å². The fourth-order valence-electron chi connectivity index (χ4n) is 2.93. The largest absolute Gasteiger partial charge is 0.444 e. The van der Waals surface area contributed by atoms with E-state index in [1.165, 1.54) is 16.2 Å². The van der Waals surface area contributed by atoms with Gasteiger partial charge in [-0.2, -0.15) is 0 Å². The van der Waals surface area contributed by atoms with Gasteiger partial charge < -0.3 is 10.1 Å². The molecule has 31 heavy (non-hydrogen) atoms. The molecule has 1 aromatic heterocycles. The predicted molar refractivity (Wildman–Crippen MR) is 122 cm³/mol. The number of nitrogens with zero attached hydrogens (tertiary/aromatic N) is 4. The number of anilines is 1. The quantitative estimate of drug-likeness (QED) is 0.560. The fourth-order valence-corrected chi connectivity index (χ4v) is 3.84. The monoisotopic (exact) mass is 562 g/mol. The van der Waals surface area contributed by atoms with Crippen LogP contribution in [0.25, 0.3) is 0 Å². The first-order valence-electron chi connectivity index (χ1n) is 10.00. The molecule has 0 aromatic carbocycles. The molecule has 0 bridgehead atoms. The molecule has 1 fully saturated rings. The zero-order chi connectivity index (χ0) is 23.3. The highest BCUT2D eigenvalue weighted by atomic mass is 79.9. The van der Waals surface area contributed by atoms with Crippen LogP contribution in [0.15, 0.2) is 15.4 Å². The molecule has 1 aliphatic rings. The average Bonchev–Trinajstić information content (AvgIpc) is 3.15. The highest BCUT2D eigenvalue weighted by Gasteiger charge is 2.38. The third kappa shape index (κ3) is 7.03. The van der Waals surface area contributed by atoms with Crippen LogP contribution in [0.5, 0.6) is 0 Å². The standard InChI is InChI=1S/C19H28Br2N6O4/c1-6-11(2)13(24-18(30)31-19(3,4)5)16(28)26-8-7-9-27(26)17(29)25-15-14(21)23-12(20)10-22-15/h10-11,13H,6-9H2,1-5H3,(H,24,30)(H,22,25,29). The first-order valence-corrected chi connectivity index (χ1v) is 11.6. The minimum absolute atomic E-state index is 0.156. The number of hydrogen-bond donors (Lipinski definition) is 2. The Bertz CT molecular complexity index is 832. The number of hydrogen-bond acceptors (Lipinski definition) is 6. The van der Waals surface area contributed by atoms with Gasteiger partial charge in [0.2, 0.25) is 0 Å². The van der Waals surface area contributed by atoms with Gasteiger partial charge in [0.25, 0.3) is 5.91 Å². The van der Waals surface area contributed by atoms with Gasteiger partial charge in [-0.3, -0.25) is 10.1 Å². The summed E-state index contributed by atoms with van der Waals surface area (Å²) in [4.78, 5) is 46.7. The van der Waals surface area contributed by atoms with Crippen molar-refractivity contribution in [1.82, 2.24) is 25.3 Å². The molecule has 2 atom stereocenters. The second-order valence-corrected chi connectivity index (χ2v) is 9.77. The topological polar surface area (TPSA) is 117 Å². The van der Waals surface area contributed by atoms with Crippen molar-refractivity contribution in [1.29, 1.82) is 0 Å². The molecule has 1 aromatic rings. The maximum atomic E-state index is 13.3. The summed E-state index contributed by atoms with van der Waals surface area (Å²) in [5.41, 5.74) is -0.689. The van der Waals surface area contributed by atoms with Crippen molar-refractivity contribution in [3.63, 3.8) is 0 Å². The highest BCUT2D eigenvalue weighted by Crippen LogP contribution is 2.22. The molecular weight excluding hydrogens is 536 g/mol. The summed E-state index contributed by atoms with van der Waals surface area (Å²) in [5.74, 6) is -0.288. The molecule has 2 unspecified atom stereocenters. The van der Waals surface area contributed by atoms with Crippen LogP contribution in [0.1, 0.15) is 47.5 Å². The number of hydrazine groups is 1. The Morgan fingerprint density at radius 3 is 2.45 bits per heavy atom. The Kier molecular flexibility index (Phi) is 8.64. The van der Waals surface area contributed by atoms with Crippen LogP contribution in [0, 0.1) is 5.92 Å². The van der Waals surface area contributed by atoms with Crippen molar-refractivity contribution in [3.05, 3.63) is 15.4 Å².